The van der Waals surface area contributed by atoms with Gasteiger partial charge in [-0.1, -0.05) is 6.07 Å². The molecule has 0 fully saturated rings. The Hall–Kier alpha value is -2.94. The van der Waals surface area contributed by atoms with Gasteiger partial charge in [-0.05, 0) is 30.3 Å². The van der Waals surface area contributed by atoms with Crippen LogP contribution in [0.15, 0.2) is 51.8 Å². The maximum absolute atomic E-state index is 11.8. The van der Waals surface area contributed by atoms with Crippen LogP contribution < -0.4 is 5.32 Å². The number of hydrogen-bond acceptors (Lipinski definition) is 6. The van der Waals surface area contributed by atoms with E-state index in [2.05, 4.69) is 5.32 Å². The van der Waals surface area contributed by atoms with Gasteiger partial charge in [-0.15, -0.1) is 0 Å². The quantitative estimate of drug-likeness (QED) is 0.508. The number of carbonyl (C=O) groups is 1. The zero-order chi connectivity index (χ0) is 17.0. The van der Waals surface area contributed by atoms with E-state index < -0.39 is 26.6 Å². The number of nitrogens with one attached hydrogen (secondary N) is 1. The molecule has 2 aromatic rings. The standard InChI is InChI=1S/C14H12N2O6S/c1-23(20,21)12-4-2-3-10(9-12)15-13(17)7-5-11-6-8-14(22-11)16(18)19/h2-9H,1H3,(H,15,17)/b7-5+. The van der Waals surface area contributed by atoms with Crippen LogP contribution in [0.1, 0.15) is 5.76 Å². The first-order chi connectivity index (χ1) is 10.8. The lowest BCUT2D eigenvalue weighted by Crippen LogP contribution is -2.08. The monoisotopic (exact) mass is 336 g/mol. The third-order valence-corrected chi connectivity index (χ3v) is 3.83. The molecule has 0 spiro atoms. The number of anilines is 1. The molecule has 0 aliphatic rings. The van der Waals surface area contributed by atoms with Gasteiger partial charge < -0.3 is 9.73 Å². The third kappa shape index (κ3) is 4.51. The molecule has 1 N–H and O–H groups in total. The van der Waals surface area contributed by atoms with E-state index in [1.54, 1.807) is 0 Å². The fourth-order valence-corrected chi connectivity index (χ4v) is 2.34. The Balaban J connectivity index is 2.07. The Morgan fingerprint density at radius 3 is 2.65 bits per heavy atom. The molecule has 1 aromatic heterocycles. The SMILES string of the molecule is CS(=O)(=O)c1cccc(NC(=O)/C=C/c2ccc([N+](=O)[O-])o2)c1. The molecule has 9 heteroatoms. The van der Waals surface area contributed by atoms with Gasteiger partial charge in [0.2, 0.25) is 5.91 Å². The van der Waals surface area contributed by atoms with Gasteiger partial charge in [0.1, 0.15) is 10.7 Å². The van der Waals surface area contributed by atoms with Gasteiger partial charge in [0.15, 0.2) is 9.84 Å². The molecule has 0 aliphatic carbocycles. The maximum Gasteiger partial charge on any atom is 0.433 e. The molecule has 1 amide bonds. The Morgan fingerprint density at radius 1 is 1.30 bits per heavy atom. The Bertz CT molecular complexity index is 882. The van der Waals surface area contributed by atoms with Crippen molar-refractivity contribution in [3.63, 3.8) is 0 Å². The van der Waals surface area contributed by atoms with E-state index in [0.717, 1.165) is 12.3 Å². The average Bonchev–Trinajstić information content (AvgIpc) is 2.94. The largest absolute Gasteiger partial charge is 0.433 e. The van der Waals surface area contributed by atoms with Gasteiger partial charge in [-0.2, -0.15) is 0 Å². The molecule has 120 valence electrons. The first kappa shape index (κ1) is 16.4. The number of sulfone groups is 1. The number of hydrogen-bond donors (Lipinski definition) is 1. The number of carbonyl (C=O) groups excluding carboxylic acids is 1. The van der Waals surface area contributed by atoms with Crippen molar-refractivity contribution in [2.75, 3.05) is 11.6 Å². The third-order valence-electron chi connectivity index (χ3n) is 2.72. The highest BCUT2D eigenvalue weighted by atomic mass is 32.2. The highest BCUT2D eigenvalue weighted by molar-refractivity contribution is 7.90. The lowest BCUT2D eigenvalue weighted by atomic mass is 10.3. The normalized spacial score (nSPS) is 11.5. The highest BCUT2D eigenvalue weighted by Crippen LogP contribution is 2.17. The average molecular weight is 336 g/mol. The molecule has 0 radical (unpaired) electrons. The lowest BCUT2D eigenvalue weighted by Gasteiger charge is -2.04. The van der Waals surface area contributed by atoms with E-state index in [9.17, 15) is 23.3 Å². The van der Waals surface area contributed by atoms with Crippen molar-refractivity contribution in [2.24, 2.45) is 0 Å². The van der Waals surface area contributed by atoms with Crippen molar-refractivity contribution in [1.29, 1.82) is 0 Å². The molecule has 0 unspecified atom stereocenters. The van der Waals surface area contributed by atoms with Crippen molar-refractivity contribution in [2.45, 2.75) is 4.90 Å². The number of rotatable bonds is 5. The molecule has 0 saturated carbocycles. The van der Waals surface area contributed by atoms with Crippen molar-refractivity contribution in [3.05, 3.63) is 58.3 Å². The fourth-order valence-electron chi connectivity index (χ4n) is 1.68. The van der Waals surface area contributed by atoms with Crippen molar-refractivity contribution < 1.29 is 22.6 Å². The molecule has 0 bridgehead atoms. The summed E-state index contributed by atoms with van der Waals surface area (Å²) in [7, 11) is -3.37. The molecule has 2 rings (SSSR count). The lowest BCUT2D eigenvalue weighted by molar-refractivity contribution is -0.402. The van der Waals surface area contributed by atoms with Crippen molar-refractivity contribution in [3.8, 4) is 0 Å². The summed E-state index contributed by atoms with van der Waals surface area (Å²) in [5.74, 6) is -0.808. The van der Waals surface area contributed by atoms with Gasteiger partial charge in [-0.3, -0.25) is 14.9 Å². The van der Waals surface area contributed by atoms with Crippen LogP contribution in [0, 0.1) is 10.1 Å². The number of furan rings is 1. The number of nitrogens with zero attached hydrogens (tertiary/aromatic N) is 1. The topological polar surface area (TPSA) is 120 Å². The number of nitro groups is 1. The van der Waals surface area contributed by atoms with E-state index in [4.69, 9.17) is 4.42 Å². The summed E-state index contributed by atoms with van der Waals surface area (Å²) in [5, 5.41) is 13.0. The van der Waals surface area contributed by atoms with Crippen LogP contribution >= 0.6 is 0 Å². The molecule has 1 aromatic carbocycles. The zero-order valence-corrected chi connectivity index (χ0v) is 12.7. The first-order valence-corrected chi connectivity index (χ1v) is 8.18. The molecule has 8 nitrogen and oxygen atoms in total. The highest BCUT2D eigenvalue weighted by Gasteiger charge is 2.10. The minimum atomic E-state index is -3.37. The van der Waals surface area contributed by atoms with Crippen molar-refractivity contribution >= 4 is 33.4 Å². The van der Waals surface area contributed by atoms with Crippen LogP contribution in [0.4, 0.5) is 11.6 Å². The predicted octanol–water partition coefficient (Wildman–Crippen LogP) is 2.24. The van der Waals surface area contributed by atoms with Crippen LogP contribution in [0.2, 0.25) is 0 Å². The minimum Gasteiger partial charge on any atom is -0.401 e. The van der Waals surface area contributed by atoms with E-state index in [1.807, 2.05) is 0 Å². The van der Waals surface area contributed by atoms with Gasteiger partial charge in [-0.25, -0.2) is 8.42 Å². The smallest absolute Gasteiger partial charge is 0.401 e. The summed E-state index contributed by atoms with van der Waals surface area (Å²) in [6.07, 6.45) is 3.45. The van der Waals surface area contributed by atoms with Crippen LogP contribution in [-0.4, -0.2) is 25.5 Å². The number of amides is 1. The summed E-state index contributed by atoms with van der Waals surface area (Å²) in [5.41, 5.74) is 0.313. The fraction of sp³-hybridized carbons (Fsp3) is 0.0714. The zero-order valence-electron chi connectivity index (χ0n) is 11.9. The van der Waals surface area contributed by atoms with E-state index in [1.165, 1.54) is 42.5 Å². The van der Waals surface area contributed by atoms with Crippen molar-refractivity contribution in [1.82, 2.24) is 0 Å². The summed E-state index contributed by atoms with van der Waals surface area (Å²) >= 11 is 0. The molecule has 0 aliphatic heterocycles. The summed E-state index contributed by atoms with van der Waals surface area (Å²) < 4.78 is 27.8. The van der Waals surface area contributed by atoms with E-state index >= 15 is 0 Å². The summed E-state index contributed by atoms with van der Waals surface area (Å²) in [6, 6.07) is 8.32. The molecular weight excluding hydrogens is 324 g/mol. The minimum absolute atomic E-state index is 0.0842. The summed E-state index contributed by atoms with van der Waals surface area (Å²) in [6.45, 7) is 0. The van der Waals surface area contributed by atoms with Gasteiger partial charge in [0.25, 0.3) is 0 Å². The first-order valence-electron chi connectivity index (χ1n) is 6.29. The predicted molar refractivity (Wildman–Crippen MR) is 82.6 cm³/mol. The number of benzene rings is 1. The Morgan fingerprint density at radius 2 is 2.04 bits per heavy atom. The van der Waals surface area contributed by atoms with Crippen LogP contribution in [0.3, 0.4) is 0 Å². The van der Waals surface area contributed by atoms with Gasteiger partial charge in [0.05, 0.1) is 11.0 Å². The van der Waals surface area contributed by atoms with Gasteiger partial charge in [0, 0.05) is 18.0 Å². The van der Waals surface area contributed by atoms with Gasteiger partial charge >= 0.3 is 5.88 Å². The molecule has 1 heterocycles. The van der Waals surface area contributed by atoms with E-state index in [0.29, 0.717) is 5.69 Å². The second-order valence-corrected chi connectivity index (χ2v) is 6.57. The molecular formula is C14H12N2O6S. The Kier molecular flexibility index (Phi) is 4.60. The van der Waals surface area contributed by atoms with Crippen LogP contribution in [0.25, 0.3) is 6.08 Å². The van der Waals surface area contributed by atoms with Crippen LogP contribution in [-0.2, 0) is 14.6 Å². The van der Waals surface area contributed by atoms with Crippen LogP contribution in [0.5, 0.6) is 0 Å². The molecule has 0 saturated heterocycles. The Labute approximate surface area is 131 Å². The molecule has 0 atom stereocenters. The second-order valence-electron chi connectivity index (χ2n) is 4.56. The molecule has 23 heavy (non-hydrogen) atoms. The maximum atomic E-state index is 11.8. The summed E-state index contributed by atoms with van der Waals surface area (Å²) in [4.78, 5) is 21.6. The second kappa shape index (κ2) is 6.44. The van der Waals surface area contributed by atoms with E-state index in [-0.39, 0.29) is 10.7 Å².